The summed E-state index contributed by atoms with van der Waals surface area (Å²) in [6, 6.07) is 4.51. The molecule has 1 N–H and O–H groups in total. The first-order valence-corrected chi connectivity index (χ1v) is 7.90. The lowest BCUT2D eigenvalue weighted by molar-refractivity contribution is 0.446. The van der Waals surface area contributed by atoms with E-state index in [1.165, 1.54) is 24.2 Å². The van der Waals surface area contributed by atoms with Crippen molar-refractivity contribution in [2.45, 2.75) is 32.7 Å². The van der Waals surface area contributed by atoms with Crippen molar-refractivity contribution in [2.75, 3.05) is 5.32 Å². The molecule has 1 fully saturated rings. The lowest BCUT2D eigenvalue weighted by atomic mass is 10.2. The van der Waals surface area contributed by atoms with Gasteiger partial charge < -0.3 is 5.32 Å². The van der Waals surface area contributed by atoms with Crippen LogP contribution in [-0.4, -0.2) is 14.8 Å². The van der Waals surface area contributed by atoms with Gasteiger partial charge in [0, 0.05) is 23.3 Å². The van der Waals surface area contributed by atoms with Crippen molar-refractivity contribution in [1.82, 2.24) is 14.8 Å². The highest BCUT2D eigenvalue weighted by molar-refractivity contribution is 7.10. The summed E-state index contributed by atoms with van der Waals surface area (Å²) in [5.41, 5.74) is 1.48. The fourth-order valence-corrected chi connectivity index (χ4v) is 3.06. The molecule has 0 saturated heterocycles. The Morgan fingerprint density at radius 3 is 3.05 bits per heavy atom. The number of aromatic nitrogens is 3. The van der Waals surface area contributed by atoms with Gasteiger partial charge in [0.05, 0.1) is 12.2 Å². The molecule has 1 atom stereocenters. The monoisotopic (exact) mass is 299 g/mol. The van der Waals surface area contributed by atoms with Gasteiger partial charge in [-0.2, -0.15) is 10.4 Å². The number of anilines is 1. The molecule has 3 rings (SSSR count). The number of aryl methyl sites for hydroxylation is 1. The van der Waals surface area contributed by atoms with Crippen LogP contribution in [0.5, 0.6) is 0 Å². The summed E-state index contributed by atoms with van der Waals surface area (Å²) in [6.45, 7) is 4.11. The number of rotatable bonds is 5. The van der Waals surface area contributed by atoms with Crippen LogP contribution in [0.3, 0.4) is 0 Å². The molecule has 2 aromatic rings. The quantitative estimate of drug-likeness (QED) is 0.857. The van der Waals surface area contributed by atoms with Crippen molar-refractivity contribution in [2.24, 2.45) is 5.92 Å². The van der Waals surface area contributed by atoms with E-state index in [2.05, 4.69) is 28.4 Å². The number of allylic oxidation sites excluding steroid dienone is 1. The van der Waals surface area contributed by atoms with Gasteiger partial charge in [-0.25, -0.2) is 9.67 Å². The van der Waals surface area contributed by atoms with E-state index in [0.717, 1.165) is 22.4 Å². The SMILES string of the molecule is Cc1csc(/C(C#N)=C/Nc2ccnn2[C@@H](C)C2CC2)n1. The molecule has 0 amide bonds. The Kier molecular flexibility index (Phi) is 3.76. The zero-order chi connectivity index (χ0) is 14.8. The van der Waals surface area contributed by atoms with Crippen LogP contribution in [0, 0.1) is 24.2 Å². The van der Waals surface area contributed by atoms with Crippen molar-refractivity contribution >= 4 is 22.7 Å². The molecule has 5 nitrogen and oxygen atoms in total. The third-order valence-electron chi connectivity index (χ3n) is 3.69. The van der Waals surface area contributed by atoms with E-state index < -0.39 is 0 Å². The third-order valence-corrected chi connectivity index (χ3v) is 4.69. The molecule has 2 aromatic heterocycles. The molecule has 0 unspecified atom stereocenters. The first-order valence-electron chi connectivity index (χ1n) is 7.02. The second kappa shape index (κ2) is 5.70. The van der Waals surface area contributed by atoms with E-state index >= 15 is 0 Å². The summed E-state index contributed by atoms with van der Waals surface area (Å²) >= 11 is 1.48. The number of nitrogens with zero attached hydrogens (tertiary/aromatic N) is 4. The molecule has 2 heterocycles. The molecule has 1 aliphatic carbocycles. The molecule has 108 valence electrons. The highest BCUT2D eigenvalue weighted by atomic mass is 32.1. The van der Waals surface area contributed by atoms with Gasteiger partial charge in [0.1, 0.15) is 22.5 Å². The standard InChI is InChI=1S/C15H17N5S/c1-10-9-21-15(19-10)13(7-16)8-17-14-5-6-18-20(14)11(2)12-3-4-12/h5-6,8-9,11-12,17H,3-4H2,1-2H3/b13-8+/t11-/m0/s1. The predicted octanol–water partition coefficient (Wildman–Crippen LogP) is 3.60. The first-order chi connectivity index (χ1) is 10.2. The smallest absolute Gasteiger partial charge is 0.135 e. The summed E-state index contributed by atoms with van der Waals surface area (Å²) in [7, 11) is 0. The lowest BCUT2D eigenvalue weighted by Crippen LogP contribution is -2.11. The zero-order valence-corrected chi connectivity index (χ0v) is 12.9. The fourth-order valence-electron chi connectivity index (χ4n) is 2.30. The van der Waals surface area contributed by atoms with Gasteiger partial charge in [-0.3, -0.25) is 0 Å². The van der Waals surface area contributed by atoms with Crippen molar-refractivity contribution in [3.8, 4) is 6.07 Å². The van der Waals surface area contributed by atoms with Crippen LogP contribution < -0.4 is 5.32 Å². The minimum atomic E-state index is 0.392. The minimum absolute atomic E-state index is 0.392. The lowest BCUT2D eigenvalue weighted by Gasteiger charge is -2.14. The molecule has 0 spiro atoms. The van der Waals surface area contributed by atoms with Crippen LogP contribution in [0.1, 0.15) is 36.5 Å². The van der Waals surface area contributed by atoms with Crippen LogP contribution in [0.4, 0.5) is 5.82 Å². The zero-order valence-electron chi connectivity index (χ0n) is 12.1. The van der Waals surface area contributed by atoms with E-state index in [9.17, 15) is 5.26 Å². The van der Waals surface area contributed by atoms with Gasteiger partial charge in [-0.05, 0) is 32.6 Å². The number of hydrogen-bond donors (Lipinski definition) is 1. The maximum absolute atomic E-state index is 9.28. The van der Waals surface area contributed by atoms with E-state index in [1.807, 2.05) is 23.1 Å². The van der Waals surface area contributed by atoms with E-state index in [1.54, 1.807) is 12.4 Å². The van der Waals surface area contributed by atoms with Crippen LogP contribution >= 0.6 is 11.3 Å². The molecular weight excluding hydrogens is 282 g/mol. The normalized spacial score (nSPS) is 16.5. The van der Waals surface area contributed by atoms with E-state index in [0.29, 0.717) is 11.6 Å². The van der Waals surface area contributed by atoms with Crippen molar-refractivity contribution in [1.29, 1.82) is 5.26 Å². The summed E-state index contributed by atoms with van der Waals surface area (Å²) in [6.07, 6.45) is 6.05. The number of nitrogens with one attached hydrogen (secondary N) is 1. The summed E-state index contributed by atoms with van der Waals surface area (Å²) in [5.74, 6) is 1.64. The molecule has 0 aliphatic heterocycles. The van der Waals surface area contributed by atoms with Crippen molar-refractivity contribution in [3.63, 3.8) is 0 Å². The Bertz CT molecular complexity index is 702. The van der Waals surface area contributed by atoms with E-state index in [4.69, 9.17) is 0 Å². The van der Waals surface area contributed by atoms with Gasteiger partial charge in [-0.1, -0.05) is 0 Å². The first kappa shape index (κ1) is 13.8. The van der Waals surface area contributed by atoms with Crippen molar-refractivity contribution in [3.05, 3.63) is 34.5 Å². The summed E-state index contributed by atoms with van der Waals surface area (Å²) in [4.78, 5) is 4.34. The van der Waals surface area contributed by atoms with Crippen LogP contribution in [-0.2, 0) is 0 Å². The molecule has 21 heavy (non-hydrogen) atoms. The molecule has 6 heteroatoms. The van der Waals surface area contributed by atoms with Gasteiger partial charge in [0.2, 0.25) is 0 Å². The maximum Gasteiger partial charge on any atom is 0.135 e. The fraction of sp³-hybridized carbons (Fsp3) is 0.400. The Morgan fingerprint density at radius 2 is 2.43 bits per heavy atom. The summed E-state index contributed by atoms with van der Waals surface area (Å²) in [5, 5.41) is 19.5. The second-order valence-electron chi connectivity index (χ2n) is 5.35. The molecule has 0 aromatic carbocycles. The molecule has 0 bridgehead atoms. The van der Waals surface area contributed by atoms with Gasteiger partial charge in [0.15, 0.2) is 0 Å². The van der Waals surface area contributed by atoms with Gasteiger partial charge in [-0.15, -0.1) is 11.3 Å². The minimum Gasteiger partial charge on any atom is -0.345 e. The van der Waals surface area contributed by atoms with E-state index in [-0.39, 0.29) is 0 Å². The highest BCUT2D eigenvalue weighted by Crippen LogP contribution is 2.40. The molecule has 1 saturated carbocycles. The topological polar surface area (TPSA) is 66.5 Å². The maximum atomic E-state index is 9.28. The highest BCUT2D eigenvalue weighted by Gasteiger charge is 2.30. The molecule has 1 aliphatic rings. The third kappa shape index (κ3) is 2.98. The predicted molar refractivity (Wildman–Crippen MR) is 83.7 cm³/mol. The number of nitriles is 1. The van der Waals surface area contributed by atoms with Crippen LogP contribution in [0.25, 0.3) is 5.57 Å². The Hall–Kier alpha value is -2.13. The van der Waals surface area contributed by atoms with Crippen LogP contribution in [0.15, 0.2) is 23.8 Å². The average molecular weight is 299 g/mol. The molecular formula is C15H17N5S. The Balaban J connectivity index is 1.78. The Labute approximate surface area is 127 Å². The van der Waals surface area contributed by atoms with Gasteiger partial charge in [0.25, 0.3) is 0 Å². The average Bonchev–Trinajstić information content (AvgIpc) is 3.08. The second-order valence-corrected chi connectivity index (χ2v) is 6.21. The van der Waals surface area contributed by atoms with Gasteiger partial charge >= 0.3 is 0 Å². The summed E-state index contributed by atoms with van der Waals surface area (Å²) < 4.78 is 2.00. The van der Waals surface area contributed by atoms with Crippen LogP contribution in [0.2, 0.25) is 0 Å². The molecule has 0 radical (unpaired) electrons. The number of hydrogen-bond acceptors (Lipinski definition) is 5. The number of thiazole rings is 1. The largest absolute Gasteiger partial charge is 0.345 e. The Morgan fingerprint density at radius 1 is 1.62 bits per heavy atom. The van der Waals surface area contributed by atoms with Crippen molar-refractivity contribution < 1.29 is 0 Å².